The lowest BCUT2D eigenvalue weighted by molar-refractivity contribution is 0.0837. The number of benzene rings is 1. The first-order valence-electron chi connectivity index (χ1n) is 7.23. The molecule has 1 aromatic carbocycles. The van der Waals surface area contributed by atoms with Gasteiger partial charge in [-0.2, -0.15) is 0 Å². The smallest absolute Gasteiger partial charge is 0.166 e. The number of hydrogen-bond donors (Lipinski definition) is 0. The molecule has 3 nitrogen and oxygen atoms in total. The highest BCUT2D eigenvalue weighted by Gasteiger charge is 2.31. The molecule has 2 rings (SSSR count). The monoisotopic (exact) mass is 276 g/mol. The lowest BCUT2D eigenvalue weighted by Crippen LogP contribution is -2.26. The summed E-state index contributed by atoms with van der Waals surface area (Å²) in [5.41, 5.74) is 1.11. The Balaban J connectivity index is 2.14. The summed E-state index contributed by atoms with van der Waals surface area (Å²) in [6.45, 7) is 4.56. The standard InChI is InChI=1S/C17H24O3/c1-17(2)9-7-12(8-10-17)16(18)13-5-6-14(19-3)15(11-13)20-4/h5-6,11-12H,7-10H2,1-4H3. The van der Waals surface area contributed by atoms with Crippen LogP contribution in [0.25, 0.3) is 0 Å². The number of Topliss-reactive ketones (excluding diaryl/α,β-unsaturated/α-hetero) is 1. The molecule has 0 radical (unpaired) electrons. The van der Waals surface area contributed by atoms with E-state index in [1.54, 1.807) is 26.4 Å². The zero-order valence-electron chi connectivity index (χ0n) is 12.9. The Labute approximate surface area is 121 Å². The fraction of sp³-hybridized carbons (Fsp3) is 0.588. The maximum atomic E-state index is 12.6. The molecule has 3 heteroatoms. The minimum absolute atomic E-state index is 0.154. The van der Waals surface area contributed by atoms with Crippen LogP contribution in [0.15, 0.2) is 18.2 Å². The molecule has 1 aromatic rings. The highest BCUT2D eigenvalue weighted by atomic mass is 16.5. The van der Waals surface area contributed by atoms with Crippen molar-refractivity contribution in [3.05, 3.63) is 23.8 Å². The van der Waals surface area contributed by atoms with Crippen LogP contribution < -0.4 is 9.47 Å². The highest BCUT2D eigenvalue weighted by molar-refractivity contribution is 5.98. The Morgan fingerprint density at radius 2 is 1.70 bits per heavy atom. The first kappa shape index (κ1) is 14.9. The van der Waals surface area contributed by atoms with Crippen LogP contribution in [-0.2, 0) is 0 Å². The second-order valence-corrected chi connectivity index (χ2v) is 6.37. The molecule has 0 spiro atoms. The second kappa shape index (κ2) is 5.86. The van der Waals surface area contributed by atoms with E-state index < -0.39 is 0 Å². The molecule has 0 bridgehead atoms. The van der Waals surface area contributed by atoms with E-state index in [1.165, 1.54) is 0 Å². The molecule has 1 fully saturated rings. The van der Waals surface area contributed by atoms with Crippen LogP contribution in [0.2, 0.25) is 0 Å². The Morgan fingerprint density at radius 3 is 2.25 bits per heavy atom. The molecule has 1 saturated carbocycles. The van der Waals surface area contributed by atoms with Gasteiger partial charge in [0.1, 0.15) is 0 Å². The SMILES string of the molecule is COc1ccc(C(=O)C2CCC(C)(C)CC2)cc1OC. The summed E-state index contributed by atoms with van der Waals surface area (Å²) in [5.74, 6) is 1.67. The number of ketones is 1. The molecular formula is C17H24O3. The topological polar surface area (TPSA) is 35.5 Å². The second-order valence-electron chi connectivity index (χ2n) is 6.37. The van der Waals surface area contributed by atoms with Gasteiger partial charge >= 0.3 is 0 Å². The molecule has 0 aliphatic heterocycles. The van der Waals surface area contributed by atoms with Gasteiger partial charge in [0.2, 0.25) is 0 Å². The van der Waals surface area contributed by atoms with Crippen molar-refractivity contribution in [2.24, 2.45) is 11.3 Å². The van der Waals surface area contributed by atoms with Gasteiger partial charge in [0.25, 0.3) is 0 Å². The third-order valence-corrected chi connectivity index (χ3v) is 4.38. The molecule has 0 aromatic heterocycles. The molecular weight excluding hydrogens is 252 g/mol. The van der Waals surface area contributed by atoms with E-state index in [9.17, 15) is 4.79 Å². The third-order valence-electron chi connectivity index (χ3n) is 4.38. The van der Waals surface area contributed by atoms with Crippen molar-refractivity contribution in [3.63, 3.8) is 0 Å². The molecule has 0 N–H and O–H groups in total. The molecule has 1 aliphatic rings. The van der Waals surface area contributed by atoms with Crippen LogP contribution in [0.5, 0.6) is 11.5 Å². The van der Waals surface area contributed by atoms with Crippen molar-refractivity contribution >= 4 is 5.78 Å². The van der Waals surface area contributed by atoms with Gasteiger partial charge in [-0.1, -0.05) is 13.8 Å². The van der Waals surface area contributed by atoms with Crippen LogP contribution in [0.3, 0.4) is 0 Å². The van der Waals surface area contributed by atoms with Crippen LogP contribution in [-0.4, -0.2) is 20.0 Å². The van der Waals surface area contributed by atoms with Crippen molar-refractivity contribution in [2.45, 2.75) is 39.5 Å². The molecule has 0 amide bonds. The molecule has 0 atom stereocenters. The zero-order chi connectivity index (χ0) is 14.8. The molecule has 0 heterocycles. The Morgan fingerprint density at radius 1 is 1.10 bits per heavy atom. The Hall–Kier alpha value is -1.51. The first-order chi connectivity index (χ1) is 9.46. The van der Waals surface area contributed by atoms with Crippen molar-refractivity contribution in [2.75, 3.05) is 14.2 Å². The van der Waals surface area contributed by atoms with Crippen LogP contribution in [0.4, 0.5) is 0 Å². The van der Waals surface area contributed by atoms with Crippen molar-refractivity contribution in [3.8, 4) is 11.5 Å². The number of carbonyl (C=O) groups is 1. The van der Waals surface area contributed by atoms with Gasteiger partial charge in [0.05, 0.1) is 14.2 Å². The molecule has 110 valence electrons. The molecule has 0 unspecified atom stereocenters. The molecule has 1 aliphatic carbocycles. The summed E-state index contributed by atoms with van der Waals surface area (Å²) in [5, 5.41) is 0. The summed E-state index contributed by atoms with van der Waals surface area (Å²) in [4.78, 5) is 12.6. The minimum Gasteiger partial charge on any atom is -0.493 e. The number of methoxy groups -OCH3 is 2. The first-order valence-corrected chi connectivity index (χ1v) is 7.23. The van der Waals surface area contributed by atoms with Gasteiger partial charge in [-0.25, -0.2) is 0 Å². The van der Waals surface area contributed by atoms with Gasteiger partial charge in [0.15, 0.2) is 17.3 Å². The summed E-state index contributed by atoms with van der Waals surface area (Å²) < 4.78 is 10.5. The Bertz CT molecular complexity index is 481. The van der Waals surface area contributed by atoms with Crippen molar-refractivity contribution in [1.29, 1.82) is 0 Å². The summed E-state index contributed by atoms with van der Waals surface area (Å²) in [6.07, 6.45) is 4.22. The van der Waals surface area contributed by atoms with E-state index in [1.807, 2.05) is 6.07 Å². The van der Waals surface area contributed by atoms with Crippen LogP contribution in [0.1, 0.15) is 49.9 Å². The predicted octanol–water partition coefficient (Wildman–Crippen LogP) is 4.10. The number of rotatable bonds is 4. The average molecular weight is 276 g/mol. The Kier molecular flexibility index (Phi) is 4.36. The maximum Gasteiger partial charge on any atom is 0.166 e. The number of hydrogen-bond acceptors (Lipinski definition) is 3. The van der Waals surface area contributed by atoms with E-state index in [0.717, 1.165) is 31.2 Å². The van der Waals surface area contributed by atoms with E-state index in [-0.39, 0.29) is 11.7 Å². The lowest BCUT2D eigenvalue weighted by atomic mass is 9.71. The highest BCUT2D eigenvalue weighted by Crippen LogP contribution is 2.39. The van der Waals surface area contributed by atoms with Gasteiger partial charge in [-0.15, -0.1) is 0 Å². The van der Waals surface area contributed by atoms with E-state index in [2.05, 4.69) is 13.8 Å². The summed E-state index contributed by atoms with van der Waals surface area (Å²) >= 11 is 0. The van der Waals surface area contributed by atoms with Gasteiger partial charge < -0.3 is 9.47 Å². The van der Waals surface area contributed by atoms with Gasteiger partial charge in [-0.05, 0) is 49.3 Å². The largest absolute Gasteiger partial charge is 0.493 e. The quantitative estimate of drug-likeness (QED) is 0.777. The average Bonchev–Trinajstić information content (AvgIpc) is 2.45. The number of ether oxygens (including phenoxy) is 2. The lowest BCUT2D eigenvalue weighted by Gasteiger charge is -2.33. The van der Waals surface area contributed by atoms with E-state index >= 15 is 0 Å². The fourth-order valence-corrected chi connectivity index (χ4v) is 2.89. The summed E-state index contributed by atoms with van der Waals surface area (Å²) in [7, 11) is 3.19. The van der Waals surface area contributed by atoms with Gasteiger partial charge in [-0.3, -0.25) is 4.79 Å². The van der Waals surface area contributed by atoms with Crippen LogP contribution >= 0.6 is 0 Å². The van der Waals surface area contributed by atoms with Crippen LogP contribution in [0, 0.1) is 11.3 Å². The van der Waals surface area contributed by atoms with Crippen molar-refractivity contribution < 1.29 is 14.3 Å². The third kappa shape index (κ3) is 3.14. The zero-order valence-corrected chi connectivity index (χ0v) is 12.9. The number of carbonyl (C=O) groups excluding carboxylic acids is 1. The van der Waals surface area contributed by atoms with E-state index in [4.69, 9.17) is 9.47 Å². The minimum atomic E-state index is 0.154. The summed E-state index contributed by atoms with van der Waals surface area (Å²) in [6, 6.07) is 5.43. The molecule has 20 heavy (non-hydrogen) atoms. The van der Waals surface area contributed by atoms with Crippen molar-refractivity contribution in [1.82, 2.24) is 0 Å². The maximum absolute atomic E-state index is 12.6. The van der Waals surface area contributed by atoms with E-state index in [0.29, 0.717) is 16.9 Å². The normalized spacial score (nSPS) is 18.6. The fourth-order valence-electron chi connectivity index (χ4n) is 2.89. The molecule has 0 saturated heterocycles. The predicted molar refractivity (Wildman–Crippen MR) is 79.6 cm³/mol. The van der Waals surface area contributed by atoms with Gasteiger partial charge in [0, 0.05) is 11.5 Å².